The van der Waals surface area contributed by atoms with Gasteiger partial charge in [-0.15, -0.1) is 4.28 Å². The summed E-state index contributed by atoms with van der Waals surface area (Å²) in [6, 6.07) is -2.83. The molecule has 2 aliphatic heterocycles. The van der Waals surface area contributed by atoms with Crippen LogP contribution in [-0.4, -0.2) is 69.3 Å². The second-order valence-electron chi connectivity index (χ2n) is 5.53. The number of nitrogens with two attached hydrogens (primary N) is 1. The van der Waals surface area contributed by atoms with Gasteiger partial charge < -0.3 is 21.2 Å². The number of rotatable bonds is 5. The summed E-state index contributed by atoms with van der Waals surface area (Å²) in [4.78, 5) is 25.0. The minimum Gasteiger partial charge on any atom is -0.409 e. The number of primary amides is 1. The van der Waals surface area contributed by atoms with Crippen molar-refractivity contribution in [1.29, 1.82) is 0 Å². The molecule has 3 heterocycles. The van der Waals surface area contributed by atoms with E-state index >= 15 is 0 Å². The van der Waals surface area contributed by atoms with Crippen molar-refractivity contribution in [1.82, 2.24) is 25.1 Å². The molecule has 5 N–H and O–H groups in total. The van der Waals surface area contributed by atoms with Gasteiger partial charge in [0.15, 0.2) is 5.84 Å². The van der Waals surface area contributed by atoms with Crippen LogP contribution in [0.15, 0.2) is 11.4 Å². The second kappa shape index (κ2) is 6.11. The molecule has 2 unspecified atom stereocenters. The summed E-state index contributed by atoms with van der Waals surface area (Å²) in [6.45, 7) is -0.350. The number of urea groups is 1. The first-order valence-electron chi connectivity index (χ1n) is 7.18. The summed E-state index contributed by atoms with van der Waals surface area (Å²) in [5.74, 6) is -0.759. The number of amidine groups is 1. The molecule has 15 heteroatoms. The normalized spacial score (nSPS) is 22.5. The molecule has 14 nitrogen and oxygen atoms in total. The molecule has 1 aromatic heterocycles. The number of hydrogen-bond acceptors (Lipinski definition) is 8. The van der Waals surface area contributed by atoms with Crippen molar-refractivity contribution in [2.75, 3.05) is 13.6 Å². The molecule has 2 aliphatic rings. The van der Waals surface area contributed by atoms with Gasteiger partial charge in [0, 0.05) is 12.6 Å². The Morgan fingerprint density at radius 1 is 1.58 bits per heavy atom. The maximum Gasteiger partial charge on any atom is 0.418 e. The van der Waals surface area contributed by atoms with Gasteiger partial charge in [0.05, 0.1) is 18.4 Å². The number of carbonyl (C=O) groups is 2. The van der Waals surface area contributed by atoms with E-state index in [0.717, 1.165) is 4.90 Å². The van der Waals surface area contributed by atoms with Crippen LogP contribution < -0.4 is 11.1 Å². The molecule has 0 radical (unpaired) electrons. The Morgan fingerprint density at radius 3 is 2.81 bits per heavy atom. The van der Waals surface area contributed by atoms with Gasteiger partial charge in [-0.25, -0.2) is 4.79 Å². The molecule has 2 atom stereocenters. The standard InChI is InChI=1S/C11H15N7O7S/c1-13-10(15-21)9-8-5(2-14-17(8)4-7(12)19)6-3-16(9)11(20)18(6)25-26(22,23)24/h2,6,9,21H,3-4H2,1H3,(H2,12,19)(H,13,15)(H,22,23,24). The number of oxime groups is 1. The average molecular weight is 389 g/mol. The molecule has 1 saturated heterocycles. The second-order valence-corrected chi connectivity index (χ2v) is 6.53. The van der Waals surface area contributed by atoms with Crippen molar-refractivity contribution < 1.29 is 32.1 Å². The largest absolute Gasteiger partial charge is 0.418 e. The molecule has 0 aromatic carbocycles. The van der Waals surface area contributed by atoms with Gasteiger partial charge in [-0.3, -0.25) is 14.0 Å². The number of nitrogens with zero attached hydrogens (tertiary/aromatic N) is 5. The lowest BCUT2D eigenvalue weighted by molar-refractivity contribution is -0.118. The summed E-state index contributed by atoms with van der Waals surface area (Å²) in [7, 11) is -3.51. The van der Waals surface area contributed by atoms with Gasteiger partial charge in [0.1, 0.15) is 18.6 Å². The van der Waals surface area contributed by atoms with Crippen molar-refractivity contribution >= 4 is 28.2 Å². The number of amides is 3. The van der Waals surface area contributed by atoms with E-state index in [1.165, 1.54) is 17.9 Å². The van der Waals surface area contributed by atoms with Crippen LogP contribution in [0.4, 0.5) is 4.79 Å². The highest BCUT2D eigenvalue weighted by molar-refractivity contribution is 7.80. The first-order valence-corrected chi connectivity index (χ1v) is 8.55. The van der Waals surface area contributed by atoms with Gasteiger partial charge >= 0.3 is 16.4 Å². The molecule has 3 amide bonds. The quantitative estimate of drug-likeness (QED) is 0.144. The van der Waals surface area contributed by atoms with Crippen LogP contribution >= 0.6 is 0 Å². The van der Waals surface area contributed by atoms with Crippen LogP contribution in [0.25, 0.3) is 0 Å². The summed E-state index contributed by atoms with van der Waals surface area (Å²) in [5.41, 5.74) is 5.84. The zero-order valence-electron chi connectivity index (χ0n) is 13.3. The number of fused-ring (bicyclic) bond motifs is 4. The van der Waals surface area contributed by atoms with Crippen molar-refractivity contribution in [2.45, 2.75) is 18.6 Å². The summed E-state index contributed by atoms with van der Waals surface area (Å²) in [6.07, 6.45) is 1.32. The van der Waals surface area contributed by atoms with E-state index in [9.17, 15) is 23.2 Å². The number of hydroxylamine groups is 2. The number of carbonyl (C=O) groups excluding carboxylic acids is 2. The highest BCUT2D eigenvalue weighted by atomic mass is 32.3. The van der Waals surface area contributed by atoms with Crippen molar-refractivity contribution in [3.8, 4) is 0 Å². The zero-order valence-corrected chi connectivity index (χ0v) is 14.1. The third-order valence-electron chi connectivity index (χ3n) is 4.03. The fourth-order valence-electron chi connectivity index (χ4n) is 3.13. The number of nitrogens with one attached hydrogen (secondary N) is 1. The van der Waals surface area contributed by atoms with E-state index < -0.39 is 34.4 Å². The Kier molecular flexibility index (Phi) is 4.21. The maximum atomic E-state index is 12.6. The van der Waals surface area contributed by atoms with E-state index in [0.29, 0.717) is 10.6 Å². The van der Waals surface area contributed by atoms with Crippen LogP contribution in [0.2, 0.25) is 0 Å². The summed E-state index contributed by atoms with van der Waals surface area (Å²) >= 11 is 0. The van der Waals surface area contributed by atoms with Gasteiger partial charge in [-0.2, -0.15) is 18.6 Å². The zero-order chi connectivity index (χ0) is 19.2. The van der Waals surface area contributed by atoms with Crippen molar-refractivity contribution in [3.05, 3.63) is 17.5 Å². The van der Waals surface area contributed by atoms with E-state index in [1.807, 2.05) is 0 Å². The van der Waals surface area contributed by atoms with E-state index in [-0.39, 0.29) is 24.6 Å². The van der Waals surface area contributed by atoms with E-state index in [2.05, 4.69) is 19.9 Å². The van der Waals surface area contributed by atoms with Gasteiger partial charge in [0.25, 0.3) is 0 Å². The molecule has 0 aliphatic carbocycles. The lowest BCUT2D eigenvalue weighted by atomic mass is 9.97. The van der Waals surface area contributed by atoms with Crippen LogP contribution in [0.3, 0.4) is 0 Å². The predicted molar refractivity (Wildman–Crippen MR) is 81.8 cm³/mol. The number of hydrogen-bond donors (Lipinski definition) is 4. The molecule has 0 spiro atoms. The fraction of sp³-hybridized carbons (Fsp3) is 0.455. The minimum atomic E-state index is -4.96. The third-order valence-corrected chi connectivity index (χ3v) is 4.38. The molecule has 1 fully saturated rings. The van der Waals surface area contributed by atoms with E-state index in [4.69, 9.17) is 10.3 Å². The van der Waals surface area contributed by atoms with Crippen molar-refractivity contribution in [2.24, 2.45) is 10.9 Å². The monoisotopic (exact) mass is 389 g/mol. The number of aromatic nitrogens is 2. The molecule has 142 valence electrons. The van der Waals surface area contributed by atoms with Gasteiger partial charge in [-0.1, -0.05) is 5.16 Å². The molecule has 0 saturated carbocycles. The summed E-state index contributed by atoms with van der Waals surface area (Å²) in [5, 5.41) is 19.5. The Morgan fingerprint density at radius 2 is 2.27 bits per heavy atom. The van der Waals surface area contributed by atoms with Crippen LogP contribution in [-0.2, 0) is 26.0 Å². The smallest absolute Gasteiger partial charge is 0.409 e. The van der Waals surface area contributed by atoms with E-state index in [1.54, 1.807) is 0 Å². The highest BCUT2D eigenvalue weighted by Gasteiger charge is 2.53. The number of likely N-dealkylation sites (N-methyl/N-ethyl adjacent to an activating group) is 1. The fourth-order valence-corrected chi connectivity index (χ4v) is 3.50. The first-order chi connectivity index (χ1) is 12.2. The molecular formula is C11H15N7O7S. The minimum absolute atomic E-state index is 0.0328. The highest BCUT2D eigenvalue weighted by Crippen LogP contribution is 2.44. The lowest BCUT2D eigenvalue weighted by Crippen LogP contribution is -2.44. The Bertz CT molecular complexity index is 895. The predicted octanol–water partition coefficient (Wildman–Crippen LogP) is -2.06. The van der Waals surface area contributed by atoms with Crippen LogP contribution in [0.1, 0.15) is 23.3 Å². The van der Waals surface area contributed by atoms with Crippen LogP contribution in [0.5, 0.6) is 0 Å². The SMILES string of the molecule is CN/C(=N\O)C1c2c(cnn2CC(N)=O)C2CN1C(=O)N2OS(=O)(=O)O. The average Bonchev–Trinajstić information content (AvgIpc) is 3.05. The Hall–Kier alpha value is -2.91. The topological polar surface area (TPSA) is 193 Å². The molecule has 3 rings (SSSR count). The first kappa shape index (κ1) is 17.9. The molecule has 26 heavy (non-hydrogen) atoms. The molecule has 2 bridgehead atoms. The lowest BCUT2D eigenvalue weighted by Gasteiger charge is -2.31. The molecular weight excluding hydrogens is 374 g/mol. The Labute approximate surface area is 146 Å². The van der Waals surface area contributed by atoms with Gasteiger partial charge in [0.2, 0.25) is 5.91 Å². The molecule has 1 aromatic rings. The van der Waals surface area contributed by atoms with Crippen LogP contribution in [0, 0.1) is 0 Å². The van der Waals surface area contributed by atoms with Gasteiger partial charge in [-0.05, 0) is 0 Å². The van der Waals surface area contributed by atoms with Crippen molar-refractivity contribution in [3.63, 3.8) is 0 Å². The maximum absolute atomic E-state index is 12.6. The summed E-state index contributed by atoms with van der Waals surface area (Å²) < 4.78 is 36.7. The Balaban J connectivity index is 2.15. The third kappa shape index (κ3) is 2.80.